The van der Waals surface area contributed by atoms with E-state index in [9.17, 15) is 0 Å². The van der Waals surface area contributed by atoms with E-state index in [4.69, 9.17) is 0 Å². The third-order valence-corrected chi connectivity index (χ3v) is 2.40. The lowest BCUT2D eigenvalue weighted by Crippen LogP contribution is -2.28. The fraction of sp³-hybridized carbons (Fsp3) is 0.700. The zero-order chi connectivity index (χ0) is 9.80. The number of aryl methyl sites for hydroxylation is 1. The van der Waals surface area contributed by atoms with Crippen LogP contribution in [0.1, 0.15) is 18.4 Å². The second-order valence-electron chi connectivity index (χ2n) is 3.93. The van der Waals surface area contributed by atoms with Gasteiger partial charge in [0.1, 0.15) is 0 Å². The molecule has 0 atom stereocenters. The molecule has 2 rings (SSSR count). The highest BCUT2D eigenvalue weighted by Crippen LogP contribution is 2.17. The van der Waals surface area contributed by atoms with Crippen molar-refractivity contribution in [2.75, 3.05) is 13.1 Å². The van der Waals surface area contributed by atoms with Crippen LogP contribution < -0.4 is 10.6 Å². The van der Waals surface area contributed by atoms with Gasteiger partial charge in [-0.1, -0.05) is 0 Å². The van der Waals surface area contributed by atoms with Crippen molar-refractivity contribution in [3.05, 3.63) is 18.0 Å². The Kier molecular flexibility index (Phi) is 3.16. The number of aromatic nitrogens is 2. The molecule has 1 aliphatic rings. The Bertz CT molecular complexity index is 277. The fourth-order valence-corrected chi connectivity index (χ4v) is 1.45. The quantitative estimate of drug-likeness (QED) is 0.638. The van der Waals surface area contributed by atoms with E-state index in [-0.39, 0.29) is 0 Å². The van der Waals surface area contributed by atoms with E-state index in [1.807, 2.05) is 24.1 Å². The number of nitrogens with zero attached hydrogens (tertiary/aromatic N) is 2. The highest BCUT2D eigenvalue weighted by molar-refractivity contribution is 5.02. The van der Waals surface area contributed by atoms with Gasteiger partial charge in [-0.3, -0.25) is 4.68 Å². The molecule has 0 aromatic carbocycles. The van der Waals surface area contributed by atoms with Crippen LogP contribution in [-0.4, -0.2) is 28.9 Å². The molecule has 1 fully saturated rings. The zero-order valence-electron chi connectivity index (χ0n) is 8.66. The van der Waals surface area contributed by atoms with Gasteiger partial charge in [0, 0.05) is 44.5 Å². The Hall–Kier alpha value is -0.870. The van der Waals surface area contributed by atoms with Crippen molar-refractivity contribution in [3.63, 3.8) is 0 Å². The molecule has 1 saturated carbocycles. The monoisotopic (exact) mass is 194 g/mol. The lowest BCUT2D eigenvalue weighted by atomic mass is 10.3. The number of rotatable bonds is 6. The second kappa shape index (κ2) is 4.57. The molecule has 2 N–H and O–H groups in total. The third kappa shape index (κ3) is 3.12. The molecule has 0 bridgehead atoms. The van der Waals surface area contributed by atoms with Gasteiger partial charge in [0.2, 0.25) is 0 Å². The summed E-state index contributed by atoms with van der Waals surface area (Å²) in [5, 5.41) is 11.0. The fourth-order valence-electron chi connectivity index (χ4n) is 1.45. The first-order chi connectivity index (χ1) is 6.84. The van der Waals surface area contributed by atoms with Crippen molar-refractivity contribution in [3.8, 4) is 0 Å². The summed E-state index contributed by atoms with van der Waals surface area (Å²) in [6, 6.07) is 0.815. The molecule has 1 aliphatic carbocycles. The largest absolute Gasteiger partial charge is 0.313 e. The summed E-state index contributed by atoms with van der Waals surface area (Å²) in [7, 11) is 1.94. The Balaban J connectivity index is 1.53. The summed E-state index contributed by atoms with van der Waals surface area (Å²) in [5.74, 6) is 0. The Morgan fingerprint density at radius 3 is 3.00 bits per heavy atom. The van der Waals surface area contributed by atoms with Crippen molar-refractivity contribution in [2.24, 2.45) is 7.05 Å². The van der Waals surface area contributed by atoms with Gasteiger partial charge < -0.3 is 10.6 Å². The minimum Gasteiger partial charge on any atom is -0.313 e. The summed E-state index contributed by atoms with van der Waals surface area (Å²) < 4.78 is 1.83. The van der Waals surface area contributed by atoms with Gasteiger partial charge in [0.15, 0.2) is 0 Å². The topological polar surface area (TPSA) is 41.9 Å². The van der Waals surface area contributed by atoms with Crippen LogP contribution in [0.2, 0.25) is 0 Å². The van der Waals surface area contributed by atoms with E-state index in [0.29, 0.717) is 0 Å². The summed E-state index contributed by atoms with van der Waals surface area (Å²) in [4.78, 5) is 0. The van der Waals surface area contributed by atoms with Crippen molar-refractivity contribution < 1.29 is 0 Å². The van der Waals surface area contributed by atoms with E-state index in [2.05, 4.69) is 15.7 Å². The predicted molar refractivity (Wildman–Crippen MR) is 55.9 cm³/mol. The van der Waals surface area contributed by atoms with Crippen LogP contribution >= 0.6 is 0 Å². The summed E-state index contributed by atoms with van der Waals surface area (Å²) in [5.41, 5.74) is 1.25. The average molecular weight is 194 g/mol. The Morgan fingerprint density at radius 2 is 2.36 bits per heavy atom. The molecular weight excluding hydrogens is 176 g/mol. The molecular formula is C10H18N4. The molecule has 1 heterocycles. The smallest absolute Gasteiger partial charge is 0.0534 e. The minimum absolute atomic E-state index is 0.815. The number of hydrogen-bond acceptors (Lipinski definition) is 3. The van der Waals surface area contributed by atoms with E-state index >= 15 is 0 Å². The zero-order valence-corrected chi connectivity index (χ0v) is 8.66. The van der Waals surface area contributed by atoms with Gasteiger partial charge in [-0.2, -0.15) is 5.10 Å². The highest BCUT2D eigenvalue weighted by atomic mass is 15.2. The first kappa shape index (κ1) is 9.68. The molecule has 0 unspecified atom stereocenters. The van der Waals surface area contributed by atoms with Crippen molar-refractivity contribution in [2.45, 2.75) is 25.4 Å². The standard InChI is InChI=1S/C10H18N4/c1-14-8-9(7-13-14)6-11-4-5-12-10-2-3-10/h7-8,10-12H,2-6H2,1H3. The lowest BCUT2D eigenvalue weighted by molar-refractivity contribution is 0.608. The van der Waals surface area contributed by atoms with Crippen LogP contribution in [0.25, 0.3) is 0 Å². The van der Waals surface area contributed by atoms with Crippen LogP contribution in [0, 0.1) is 0 Å². The van der Waals surface area contributed by atoms with Gasteiger partial charge >= 0.3 is 0 Å². The Labute approximate surface area is 84.7 Å². The molecule has 78 valence electrons. The molecule has 14 heavy (non-hydrogen) atoms. The van der Waals surface area contributed by atoms with Crippen LogP contribution in [0.3, 0.4) is 0 Å². The molecule has 0 aliphatic heterocycles. The summed E-state index contributed by atoms with van der Waals surface area (Å²) in [6.45, 7) is 3.02. The first-order valence-electron chi connectivity index (χ1n) is 5.26. The van der Waals surface area contributed by atoms with E-state index < -0.39 is 0 Å². The predicted octanol–water partition coefficient (Wildman–Crippen LogP) is 0.262. The van der Waals surface area contributed by atoms with Crippen LogP contribution in [0.5, 0.6) is 0 Å². The molecule has 1 aromatic rings. The van der Waals surface area contributed by atoms with Gasteiger partial charge in [0.05, 0.1) is 6.20 Å². The van der Waals surface area contributed by atoms with Crippen molar-refractivity contribution >= 4 is 0 Å². The average Bonchev–Trinajstić information content (AvgIpc) is 2.89. The van der Waals surface area contributed by atoms with E-state index in [0.717, 1.165) is 25.7 Å². The summed E-state index contributed by atoms with van der Waals surface area (Å²) in [6.07, 6.45) is 6.67. The molecule has 0 spiro atoms. The number of hydrogen-bond donors (Lipinski definition) is 2. The van der Waals surface area contributed by atoms with Gasteiger partial charge in [0.25, 0.3) is 0 Å². The minimum atomic E-state index is 0.815. The van der Waals surface area contributed by atoms with E-state index in [1.54, 1.807) is 0 Å². The SMILES string of the molecule is Cn1cc(CNCCNC2CC2)cn1. The molecule has 4 nitrogen and oxygen atoms in total. The van der Waals surface area contributed by atoms with Crippen LogP contribution in [-0.2, 0) is 13.6 Å². The van der Waals surface area contributed by atoms with Crippen LogP contribution in [0.4, 0.5) is 0 Å². The maximum absolute atomic E-state index is 4.11. The van der Waals surface area contributed by atoms with Crippen molar-refractivity contribution in [1.82, 2.24) is 20.4 Å². The van der Waals surface area contributed by atoms with Gasteiger partial charge in [-0.05, 0) is 12.8 Å². The second-order valence-corrected chi connectivity index (χ2v) is 3.93. The van der Waals surface area contributed by atoms with Crippen molar-refractivity contribution in [1.29, 1.82) is 0 Å². The normalized spacial score (nSPS) is 16.1. The van der Waals surface area contributed by atoms with Gasteiger partial charge in [-0.15, -0.1) is 0 Å². The Morgan fingerprint density at radius 1 is 1.50 bits per heavy atom. The third-order valence-electron chi connectivity index (χ3n) is 2.40. The lowest BCUT2D eigenvalue weighted by Gasteiger charge is -2.03. The van der Waals surface area contributed by atoms with E-state index in [1.165, 1.54) is 18.4 Å². The molecule has 1 aromatic heterocycles. The molecule has 0 amide bonds. The maximum atomic E-state index is 4.11. The van der Waals surface area contributed by atoms with Crippen LogP contribution in [0.15, 0.2) is 12.4 Å². The first-order valence-corrected chi connectivity index (χ1v) is 5.26. The molecule has 0 radical (unpaired) electrons. The number of nitrogens with one attached hydrogen (secondary N) is 2. The molecule has 0 saturated heterocycles. The maximum Gasteiger partial charge on any atom is 0.0534 e. The highest BCUT2D eigenvalue weighted by Gasteiger charge is 2.19. The molecule has 4 heteroatoms. The van der Waals surface area contributed by atoms with Gasteiger partial charge in [-0.25, -0.2) is 0 Å². The summed E-state index contributed by atoms with van der Waals surface area (Å²) >= 11 is 0.